The first-order valence-corrected chi connectivity index (χ1v) is 11.0. The lowest BCUT2D eigenvalue weighted by Gasteiger charge is -2.37. The number of nitrogens with one attached hydrogen (secondary N) is 1. The zero-order valence-electron chi connectivity index (χ0n) is 17.5. The van der Waals surface area contributed by atoms with E-state index < -0.39 is 0 Å². The van der Waals surface area contributed by atoms with Crippen molar-refractivity contribution < 1.29 is 9.59 Å². The predicted octanol–water partition coefficient (Wildman–Crippen LogP) is 3.76. The second kappa shape index (κ2) is 8.53. The van der Waals surface area contributed by atoms with Crippen molar-refractivity contribution in [3.05, 3.63) is 48.0 Å². The molecule has 1 fully saturated rings. The molecular weight excluding hydrogens is 396 g/mol. The lowest BCUT2D eigenvalue weighted by molar-refractivity contribution is -0.131. The minimum absolute atomic E-state index is 0.0329. The number of nitrogens with zero attached hydrogens (tertiary/aromatic N) is 3. The summed E-state index contributed by atoms with van der Waals surface area (Å²) in [6.07, 6.45) is 0. The lowest BCUT2D eigenvalue weighted by Crippen LogP contribution is -2.53. The van der Waals surface area contributed by atoms with Crippen LogP contribution < -0.4 is 5.32 Å². The Kier molecular flexibility index (Phi) is 5.83. The molecule has 2 aromatic carbocycles. The number of anilines is 1. The molecule has 0 bridgehead atoms. The third-order valence-electron chi connectivity index (χ3n) is 5.63. The highest BCUT2D eigenvalue weighted by Gasteiger charge is 2.26. The summed E-state index contributed by atoms with van der Waals surface area (Å²) in [6.45, 7) is 8.35. The Balaban J connectivity index is 1.39. The number of benzene rings is 2. The molecule has 1 atom stereocenters. The summed E-state index contributed by atoms with van der Waals surface area (Å²) in [4.78, 5) is 32.8. The fourth-order valence-electron chi connectivity index (χ4n) is 3.69. The average Bonchev–Trinajstić information content (AvgIpc) is 3.17. The van der Waals surface area contributed by atoms with Gasteiger partial charge in [0.1, 0.15) is 5.01 Å². The molecule has 0 aliphatic carbocycles. The van der Waals surface area contributed by atoms with Gasteiger partial charge in [-0.3, -0.25) is 14.5 Å². The molecule has 1 aliphatic heterocycles. The lowest BCUT2D eigenvalue weighted by atomic mass is 10.2. The van der Waals surface area contributed by atoms with Crippen LogP contribution in [0.5, 0.6) is 0 Å². The first-order chi connectivity index (χ1) is 14.4. The van der Waals surface area contributed by atoms with Crippen molar-refractivity contribution >= 4 is 39.1 Å². The molecule has 1 N–H and O–H groups in total. The minimum Gasteiger partial charge on any atom is -0.340 e. The highest BCUT2D eigenvalue weighted by atomic mass is 32.1. The van der Waals surface area contributed by atoms with Gasteiger partial charge < -0.3 is 10.2 Å². The highest BCUT2D eigenvalue weighted by molar-refractivity contribution is 7.21. The number of hydrogen-bond acceptors (Lipinski definition) is 5. The van der Waals surface area contributed by atoms with E-state index in [2.05, 4.69) is 35.3 Å². The van der Waals surface area contributed by atoms with Crippen LogP contribution in [0.1, 0.15) is 19.4 Å². The van der Waals surface area contributed by atoms with Crippen molar-refractivity contribution in [1.29, 1.82) is 0 Å². The summed E-state index contributed by atoms with van der Waals surface area (Å²) < 4.78 is 1.18. The molecule has 1 aliphatic rings. The van der Waals surface area contributed by atoms with Crippen molar-refractivity contribution in [2.75, 3.05) is 31.5 Å². The van der Waals surface area contributed by atoms with E-state index in [1.165, 1.54) is 10.3 Å². The number of amides is 2. The maximum absolute atomic E-state index is 12.7. The number of rotatable bonds is 4. The number of carbonyl (C=O) groups is 2. The summed E-state index contributed by atoms with van der Waals surface area (Å²) >= 11 is 1.68. The Morgan fingerprint density at radius 2 is 1.77 bits per heavy atom. The SMILES string of the molecule is CC(=O)N1CCN([C@@H](C)C(=O)Nc2ccc(-c3nc4ccc(C)cc4s3)cc2)CC1. The molecule has 156 valence electrons. The highest BCUT2D eigenvalue weighted by Crippen LogP contribution is 2.31. The minimum atomic E-state index is -0.244. The van der Waals surface area contributed by atoms with Crippen LogP contribution in [-0.4, -0.2) is 58.8 Å². The first kappa shape index (κ1) is 20.5. The Labute approximate surface area is 180 Å². The quantitative estimate of drug-likeness (QED) is 0.695. The van der Waals surface area contributed by atoms with Gasteiger partial charge in [0.05, 0.1) is 16.3 Å². The normalized spacial score (nSPS) is 15.9. The van der Waals surface area contributed by atoms with E-state index in [1.807, 2.05) is 36.1 Å². The molecule has 2 amide bonds. The standard InChI is InChI=1S/C23H26N4O2S/c1-15-4-9-20-21(14-15)30-23(25-20)18-5-7-19(8-6-18)24-22(29)16(2)26-10-12-27(13-11-26)17(3)28/h4-9,14,16H,10-13H2,1-3H3,(H,24,29)/t16-/m0/s1. The van der Waals surface area contributed by atoms with Gasteiger partial charge >= 0.3 is 0 Å². The van der Waals surface area contributed by atoms with Gasteiger partial charge in [0, 0.05) is 44.4 Å². The molecule has 4 rings (SSSR count). The summed E-state index contributed by atoms with van der Waals surface area (Å²) in [6, 6.07) is 13.9. The molecule has 0 unspecified atom stereocenters. The van der Waals surface area contributed by atoms with E-state index in [-0.39, 0.29) is 17.9 Å². The zero-order valence-corrected chi connectivity index (χ0v) is 18.3. The molecule has 0 saturated carbocycles. The summed E-state index contributed by atoms with van der Waals surface area (Å²) in [7, 11) is 0. The van der Waals surface area contributed by atoms with Crippen LogP contribution >= 0.6 is 11.3 Å². The maximum Gasteiger partial charge on any atom is 0.241 e. The van der Waals surface area contributed by atoms with E-state index in [0.717, 1.165) is 21.8 Å². The smallest absolute Gasteiger partial charge is 0.241 e. The largest absolute Gasteiger partial charge is 0.340 e. The van der Waals surface area contributed by atoms with Crippen LogP contribution in [0, 0.1) is 6.92 Å². The molecule has 0 radical (unpaired) electrons. The van der Waals surface area contributed by atoms with Gasteiger partial charge in [0.15, 0.2) is 0 Å². The van der Waals surface area contributed by atoms with Crippen LogP contribution in [-0.2, 0) is 9.59 Å². The van der Waals surface area contributed by atoms with Gasteiger partial charge in [0.2, 0.25) is 11.8 Å². The monoisotopic (exact) mass is 422 g/mol. The zero-order chi connectivity index (χ0) is 21.3. The Hall–Kier alpha value is -2.77. The number of hydrogen-bond donors (Lipinski definition) is 1. The molecule has 0 spiro atoms. The summed E-state index contributed by atoms with van der Waals surface area (Å²) in [5.74, 6) is 0.0598. The Bertz CT molecular complexity index is 1070. The van der Waals surface area contributed by atoms with Gasteiger partial charge in [-0.05, 0) is 55.8 Å². The van der Waals surface area contributed by atoms with Gasteiger partial charge in [-0.1, -0.05) is 6.07 Å². The van der Waals surface area contributed by atoms with Crippen LogP contribution in [0.15, 0.2) is 42.5 Å². The number of thiazole rings is 1. The summed E-state index contributed by atoms with van der Waals surface area (Å²) in [5, 5.41) is 3.98. The number of fused-ring (bicyclic) bond motifs is 1. The molecule has 6 nitrogen and oxygen atoms in total. The van der Waals surface area contributed by atoms with Gasteiger partial charge in [-0.25, -0.2) is 4.98 Å². The average molecular weight is 423 g/mol. The number of carbonyl (C=O) groups excluding carboxylic acids is 2. The second-order valence-corrected chi connectivity index (χ2v) is 8.81. The Morgan fingerprint density at radius 1 is 1.07 bits per heavy atom. The third-order valence-corrected chi connectivity index (χ3v) is 6.70. The topological polar surface area (TPSA) is 65.5 Å². The van der Waals surface area contributed by atoms with E-state index in [1.54, 1.807) is 18.3 Å². The number of aryl methyl sites for hydroxylation is 1. The molecule has 30 heavy (non-hydrogen) atoms. The van der Waals surface area contributed by atoms with Crippen molar-refractivity contribution in [3.63, 3.8) is 0 Å². The molecule has 2 heterocycles. The predicted molar refractivity (Wildman–Crippen MR) is 122 cm³/mol. The second-order valence-electron chi connectivity index (χ2n) is 7.77. The van der Waals surface area contributed by atoms with Crippen molar-refractivity contribution in [1.82, 2.24) is 14.8 Å². The van der Waals surface area contributed by atoms with E-state index in [0.29, 0.717) is 26.2 Å². The van der Waals surface area contributed by atoms with Crippen molar-refractivity contribution in [2.24, 2.45) is 0 Å². The maximum atomic E-state index is 12.7. The van der Waals surface area contributed by atoms with E-state index >= 15 is 0 Å². The molecule has 7 heteroatoms. The van der Waals surface area contributed by atoms with Crippen LogP contribution in [0.2, 0.25) is 0 Å². The van der Waals surface area contributed by atoms with Crippen LogP contribution in [0.3, 0.4) is 0 Å². The summed E-state index contributed by atoms with van der Waals surface area (Å²) in [5.41, 5.74) is 4.06. The van der Waals surface area contributed by atoms with E-state index in [4.69, 9.17) is 4.98 Å². The Morgan fingerprint density at radius 3 is 2.43 bits per heavy atom. The van der Waals surface area contributed by atoms with Gasteiger partial charge in [-0.15, -0.1) is 11.3 Å². The van der Waals surface area contributed by atoms with Crippen molar-refractivity contribution in [2.45, 2.75) is 26.8 Å². The van der Waals surface area contributed by atoms with E-state index in [9.17, 15) is 9.59 Å². The fraction of sp³-hybridized carbons (Fsp3) is 0.348. The van der Waals surface area contributed by atoms with Crippen LogP contribution in [0.4, 0.5) is 5.69 Å². The first-order valence-electron chi connectivity index (χ1n) is 10.2. The van der Waals surface area contributed by atoms with Crippen molar-refractivity contribution in [3.8, 4) is 10.6 Å². The molecular formula is C23H26N4O2S. The molecule has 1 aromatic heterocycles. The molecule has 1 saturated heterocycles. The van der Waals surface area contributed by atoms with Gasteiger partial charge in [0.25, 0.3) is 0 Å². The molecule has 3 aromatic rings. The van der Waals surface area contributed by atoms with Crippen LogP contribution in [0.25, 0.3) is 20.8 Å². The fourth-order valence-corrected chi connectivity index (χ4v) is 4.76. The number of aromatic nitrogens is 1. The third kappa shape index (κ3) is 4.37. The van der Waals surface area contributed by atoms with Gasteiger partial charge in [-0.2, -0.15) is 0 Å². The number of piperazine rings is 1.